The van der Waals surface area contributed by atoms with Crippen LogP contribution >= 0.6 is 0 Å². The van der Waals surface area contributed by atoms with Gasteiger partial charge in [-0.3, -0.25) is 4.79 Å². The molecule has 0 atom stereocenters. The highest BCUT2D eigenvalue weighted by atomic mass is 16.4. The second-order valence-electron chi connectivity index (χ2n) is 6.41. The smallest absolute Gasteiger partial charge is 0.304 e. The number of aliphatic carboxylic acids is 1. The number of carbonyl (C=O) groups is 1. The van der Waals surface area contributed by atoms with Gasteiger partial charge in [0.15, 0.2) is 0 Å². The molecule has 3 aromatic carbocycles. The topological polar surface area (TPSA) is 77.8 Å². The van der Waals surface area contributed by atoms with Gasteiger partial charge in [-0.15, -0.1) is 0 Å². The maximum atomic E-state index is 11.8. The first-order chi connectivity index (χ1) is 12.5. The van der Waals surface area contributed by atoms with Gasteiger partial charge in [-0.1, -0.05) is 54.6 Å². The van der Waals surface area contributed by atoms with Gasteiger partial charge in [0, 0.05) is 5.41 Å². The summed E-state index contributed by atoms with van der Waals surface area (Å²) in [6.07, 6.45) is 0.368. The minimum absolute atomic E-state index is 0.114. The van der Waals surface area contributed by atoms with Gasteiger partial charge >= 0.3 is 5.97 Å². The van der Waals surface area contributed by atoms with Gasteiger partial charge in [-0.25, -0.2) is 0 Å². The molecular formula is C22H20O4. The second kappa shape index (κ2) is 7.31. The SMILES string of the molecule is O=C(O)CC(Cc1ccccc1)(c1ccc(O)cc1)c1ccc(O)cc1. The Balaban J connectivity index is 2.20. The van der Waals surface area contributed by atoms with Crippen molar-refractivity contribution in [3.63, 3.8) is 0 Å². The zero-order valence-electron chi connectivity index (χ0n) is 14.2. The lowest BCUT2D eigenvalue weighted by Crippen LogP contribution is -2.33. The molecule has 0 aliphatic heterocycles. The monoisotopic (exact) mass is 348 g/mol. The number of rotatable bonds is 6. The fourth-order valence-corrected chi connectivity index (χ4v) is 3.40. The summed E-state index contributed by atoms with van der Waals surface area (Å²) in [5.41, 5.74) is 1.78. The first-order valence-electron chi connectivity index (χ1n) is 8.34. The molecule has 0 radical (unpaired) electrons. The van der Waals surface area contributed by atoms with Gasteiger partial charge in [0.05, 0.1) is 6.42 Å². The molecule has 0 amide bonds. The number of aromatic hydroxyl groups is 2. The molecule has 0 aliphatic carbocycles. The van der Waals surface area contributed by atoms with E-state index in [2.05, 4.69) is 0 Å². The van der Waals surface area contributed by atoms with Gasteiger partial charge in [0.25, 0.3) is 0 Å². The summed E-state index contributed by atoms with van der Waals surface area (Å²) >= 11 is 0. The Morgan fingerprint density at radius 1 is 0.731 bits per heavy atom. The number of phenolic OH excluding ortho intramolecular Hbond substituents is 2. The fourth-order valence-electron chi connectivity index (χ4n) is 3.40. The predicted molar refractivity (Wildman–Crippen MR) is 99.4 cm³/mol. The minimum atomic E-state index is -0.915. The van der Waals surface area contributed by atoms with Crippen molar-refractivity contribution in [3.8, 4) is 11.5 Å². The Labute approximate surface area is 152 Å². The summed E-state index contributed by atoms with van der Waals surface area (Å²) < 4.78 is 0. The fraction of sp³-hybridized carbons (Fsp3) is 0.136. The van der Waals surface area contributed by atoms with E-state index in [0.29, 0.717) is 6.42 Å². The molecule has 0 spiro atoms. The third-order valence-corrected chi connectivity index (χ3v) is 4.64. The predicted octanol–water partition coefficient (Wildman–Crippen LogP) is 4.10. The largest absolute Gasteiger partial charge is 0.508 e. The van der Waals surface area contributed by atoms with Crippen molar-refractivity contribution in [2.24, 2.45) is 0 Å². The van der Waals surface area contributed by atoms with Crippen LogP contribution in [0.5, 0.6) is 11.5 Å². The molecular weight excluding hydrogens is 328 g/mol. The normalized spacial score (nSPS) is 11.2. The molecule has 0 fully saturated rings. The highest BCUT2D eigenvalue weighted by molar-refractivity contribution is 5.71. The molecule has 3 aromatic rings. The van der Waals surface area contributed by atoms with Crippen molar-refractivity contribution >= 4 is 5.97 Å². The number of phenols is 2. The quantitative estimate of drug-likeness (QED) is 0.627. The Bertz CT molecular complexity index is 823. The third kappa shape index (κ3) is 3.70. The van der Waals surface area contributed by atoms with Crippen LogP contribution in [0.2, 0.25) is 0 Å². The van der Waals surface area contributed by atoms with E-state index in [0.717, 1.165) is 16.7 Å². The summed E-state index contributed by atoms with van der Waals surface area (Å²) in [5.74, 6) is -0.658. The van der Waals surface area contributed by atoms with E-state index in [1.165, 1.54) is 0 Å². The van der Waals surface area contributed by atoms with Crippen LogP contribution in [0.25, 0.3) is 0 Å². The van der Waals surface area contributed by atoms with Crippen molar-refractivity contribution in [3.05, 3.63) is 95.6 Å². The Hall–Kier alpha value is -3.27. The highest BCUT2D eigenvalue weighted by Gasteiger charge is 2.37. The molecule has 4 heteroatoms. The highest BCUT2D eigenvalue weighted by Crippen LogP contribution is 2.40. The van der Waals surface area contributed by atoms with Crippen molar-refractivity contribution < 1.29 is 20.1 Å². The second-order valence-corrected chi connectivity index (χ2v) is 6.41. The van der Waals surface area contributed by atoms with Crippen LogP contribution in [-0.4, -0.2) is 21.3 Å². The van der Waals surface area contributed by atoms with Crippen LogP contribution in [0.4, 0.5) is 0 Å². The Morgan fingerprint density at radius 2 is 1.19 bits per heavy atom. The lowest BCUT2D eigenvalue weighted by molar-refractivity contribution is -0.138. The molecule has 0 saturated heterocycles. The van der Waals surface area contributed by atoms with E-state index in [4.69, 9.17) is 0 Å². The standard InChI is InChI=1S/C22H20O4/c23-19-10-6-17(7-11-19)22(15-21(25)26,14-16-4-2-1-3-5-16)18-8-12-20(24)13-9-18/h1-13,23-24H,14-15H2,(H,25,26). The number of carboxylic acid groups (broad SMARTS) is 1. The van der Waals surface area contributed by atoms with E-state index in [9.17, 15) is 20.1 Å². The first kappa shape index (κ1) is 17.5. The number of benzene rings is 3. The van der Waals surface area contributed by atoms with Gasteiger partial charge in [0.1, 0.15) is 11.5 Å². The molecule has 26 heavy (non-hydrogen) atoms. The summed E-state index contributed by atoms with van der Waals surface area (Å²) in [5, 5.41) is 29.0. The average Bonchev–Trinajstić information content (AvgIpc) is 2.63. The van der Waals surface area contributed by atoms with Crippen LogP contribution in [0.15, 0.2) is 78.9 Å². The summed E-state index contributed by atoms with van der Waals surface area (Å²) in [6, 6.07) is 23.0. The summed E-state index contributed by atoms with van der Waals surface area (Å²) in [6.45, 7) is 0. The van der Waals surface area contributed by atoms with E-state index < -0.39 is 11.4 Å². The van der Waals surface area contributed by atoms with Gasteiger partial charge < -0.3 is 15.3 Å². The maximum absolute atomic E-state index is 11.8. The lowest BCUT2D eigenvalue weighted by Gasteiger charge is -2.34. The Morgan fingerprint density at radius 3 is 1.62 bits per heavy atom. The van der Waals surface area contributed by atoms with Gasteiger partial charge in [-0.2, -0.15) is 0 Å². The molecule has 4 nitrogen and oxygen atoms in total. The molecule has 0 heterocycles. The molecule has 3 N–H and O–H groups in total. The van der Waals surface area contributed by atoms with Crippen LogP contribution in [0, 0.1) is 0 Å². The van der Waals surface area contributed by atoms with Crippen molar-refractivity contribution in [1.82, 2.24) is 0 Å². The zero-order valence-corrected chi connectivity index (χ0v) is 14.2. The number of hydrogen-bond acceptors (Lipinski definition) is 3. The number of carboxylic acids is 1. The lowest BCUT2D eigenvalue weighted by atomic mass is 9.68. The van der Waals surface area contributed by atoms with Crippen molar-refractivity contribution in [2.45, 2.75) is 18.3 Å². The van der Waals surface area contributed by atoms with E-state index in [1.807, 2.05) is 30.3 Å². The number of hydrogen-bond donors (Lipinski definition) is 3. The first-order valence-corrected chi connectivity index (χ1v) is 8.34. The molecule has 0 aromatic heterocycles. The molecule has 0 aliphatic rings. The van der Waals surface area contributed by atoms with E-state index >= 15 is 0 Å². The maximum Gasteiger partial charge on any atom is 0.304 e. The average molecular weight is 348 g/mol. The van der Waals surface area contributed by atoms with Crippen LogP contribution in [0.1, 0.15) is 23.1 Å². The van der Waals surface area contributed by atoms with Crippen molar-refractivity contribution in [2.75, 3.05) is 0 Å². The Kier molecular flexibility index (Phi) is 4.94. The van der Waals surface area contributed by atoms with Crippen molar-refractivity contribution in [1.29, 1.82) is 0 Å². The summed E-state index contributed by atoms with van der Waals surface area (Å²) in [7, 11) is 0. The zero-order chi connectivity index (χ0) is 18.6. The van der Waals surface area contributed by atoms with Crippen LogP contribution in [-0.2, 0) is 16.6 Å². The minimum Gasteiger partial charge on any atom is -0.508 e. The molecule has 0 unspecified atom stereocenters. The van der Waals surface area contributed by atoms with Crippen LogP contribution in [0.3, 0.4) is 0 Å². The molecule has 0 saturated carbocycles. The van der Waals surface area contributed by atoms with E-state index in [1.54, 1.807) is 48.5 Å². The molecule has 0 bridgehead atoms. The van der Waals surface area contributed by atoms with Gasteiger partial charge in [0.2, 0.25) is 0 Å². The molecule has 132 valence electrons. The third-order valence-electron chi connectivity index (χ3n) is 4.64. The van der Waals surface area contributed by atoms with Crippen LogP contribution < -0.4 is 0 Å². The van der Waals surface area contributed by atoms with Gasteiger partial charge in [-0.05, 0) is 47.4 Å². The summed E-state index contributed by atoms with van der Waals surface area (Å²) in [4.78, 5) is 11.8. The molecule has 3 rings (SSSR count). The van der Waals surface area contributed by atoms with E-state index in [-0.39, 0.29) is 17.9 Å².